The molecule has 30 heavy (non-hydrogen) atoms. The summed E-state index contributed by atoms with van der Waals surface area (Å²) in [4.78, 5) is 27.7. The first-order chi connectivity index (χ1) is 14.7. The van der Waals surface area contributed by atoms with E-state index in [4.69, 9.17) is 14.1 Å². The van der Waals surface area contributed by atoms with Crippen molar-refractivity contribution in [2.24, 2.45) is 5.92 Å². The van der Waals surface area contributed by atoms with E-state index in [1.54, 1.807) is 23.1 Å². The van der Waals surface area contributed by atoms with Crippen molar-refractivity contribution in [3.63, 3.8) is 0 Å². The van der Waals surface area contributed by atoms with E-state index in [1.165, 1.54) is 0 Å². The second-order valence-electron chi connectivity index (χ2n) is 7.79. The van der Waals surface area contributed by atoms with E-state index in [9.17, 15) is 9.59 Å². The monoisotopic (exact) mass is 407 g/mol. The van der Waals surface area contributed by atoms with Crippen molar-refractivity contribution in [3.8, 4) is 0 Å². The van der Waals surface area contributed by atoms with Crippen molar-refractivity contribution in [2.45, 2.75) is 31.5 Å². The molecule has 2 aliphatic heterocycles. The molecule has 0 spiro atoms. The lowest BCUT2D eigenvalue weighted by atomic mass is 9.81. The fourth-order valence-electron chi connectivity index (χ4n) is 4.39. The van der Waals surface area contributed by atoms with Crippen LogP contribution in [-0.2, 0) is 16.1 Å². The Bertz CT molecular complexity index is 1050. The summed E-state index contributed by atoms with van der Waals surface area (Å²) >= 11 is 0. The largest absolute Gasteiger partial charge is 0.445 e. The molecule has 2 saturated heterocycles. The van der Waals surface area contributed by atoms with E-state index in [1.807, 2.05) is 30.3 Å². The molecular weight excluding hydrogens is 386 g/mol. The molecule has 0 N–H and O–H groups in total. The minimum atomic E-state index is -0.349. The maximum Gasteiger partial charge on any atom is 0.410 e. The van der Waals surface area contributed by atoms with Crippen molar-refractivity contribution in [2.75, 3.05) is 13.2 Å². The fraction of sp³-hybridized carbons (Fsp3) is 0.364. The van der Waals surface area contributed by atoms with Gasteiger partial charge in [-0.15, -0.1) is 0 Å². The molecule has 1 aromatic heterocycles. The number of aromatic nitrogens is 2. The standard InChI is InChI=1S/C22H21N3O5/c26-21(15-6-7-19-20(10-15)24-30-23-19)16-8-17-12-28-13-18(9-16)25(17)22(27)29-11-14-4-2-1-3-5-14/h1-7,10,16-18H,8-9,11-13H2. The molecule has 1 amide bonds. The van der Waals surface area contributed by atoms with Crippen LogP contribution in [0.2, 0.25) is 0 Å². The van der Waals surface area contributed by atoms with E-state index < -0.39 is 0 Å². The van der Waals surface area contributed by atoms with Gasteiger partial charge in [-0.25, -0.2) is 9.42 Å². The van der Waals surface area contributed by atoms with Gasteiger partial charge in [0.05, 0.1) is 25.3 Å². The van der Waals surface area contributed by atoms with Crippen LogP contribution in [0.25, 0.3) is 11.0 Å². The predicted octanol–water partition coefficient (Wildman–Crippen LogP) is 3.22. The van der Waals surface area contributed by atoms with Gasteiger partial charge in [0, 0.05) is 11.5 Å². The van der Waals surface area contributed by atoms with Gasteiger partial charge >= 0.3 is 6.09 Å². The molecule has 5 rings (SSSR count). The Hall–Kier alpha value is -3.26. The van der Waals surface area contributed by atoms with Crippen LogP contribution in [0.5, 0.6) is 0 Å². The number of hydrogen-bond donors (Lipinski definition) is 0. The Morgan fingerprint density at radius 2 is 1.73 bits per heavy atom. The van der Waals surface area contributed by atoms with Crippen molar-refractivity contribution in [1.82, 2.24) is 15.2 Å². The zero-order chi connectivity index (χ0) is 20.5. The van der Waals surface area contributed by atoms with E-state index in [-0.39, 0.29) is 36.5 Å². The van der Waals surface area contributed by atoms with E-state index in [2.05, 4.69) is 10.3 Å². The molecule has 154 valence electrons. The van der Waals surface area contributed by atoms with Crippen LogP contribution >= 0.6 is 0 Å². The first-order valence-corrected chi connectivity index (χ1v) is 10.0. The van der Waals surface area contributed by atoms with Gasteiger partial charge in [0.25, 0.3) is 0 Å². The lowest BCUT2D eigenvalue weighted by Gasteiger charge is -2.47. The number of ether oxygens (including phenoxy) is 2. The molecule has 0 radical (unpaired) electrons. The second kappa shape index (κ2) is 7.87. The van der Waals surface area contributed by atoms with Gasteiger partial charge < -0.3 is 9.47 Å². The topological polar surface area (TPSA) is 94.8 Å². The number of nitrogens with zero attached hydrogens (tertiary/aromatic N) is 3. The summed E-state index contributed by atoms with van der Waals surface area (Å²) in [6.45, 7) is 1.05. The van der Waals surface area contributed by atoms with Gasteiger partial charge in [-0.1, -0.05) is 30.3 Å². The average molecular weight is 407 g/mol. The third-order valence-corrected chi connectivity index (χ3v) is 5.85. The van der Waals surface area contributed by atoms with E-state index in [0.29, 0.717) is 42.7 Å². The SMILES string of the molecule is O=C(c1ccc2nonc2c1)C1CC2COCC(C1)N2C(=O)OCc1ccccc1. The third kappa shape index (κ3) is 3.54. The van der Waals surface area contributed by atoms with Gasteiger partial charge in [0.2, 0.25) is 0 Å². The Morgan fingerprint density at radius 3 is 2.50 bits per heavy atom. The Balaban J connectivity index is 1.28. The summed E-state index contributed by atoms with van der Waals surface area (Å²) in [6, 6.07) is 14.4. The molecule has 3 heterocycles. The number of amides is 1. The number of Topliss-reactive ketones (excluding diaryl/α,β-unsaturated/α-hetero) is 1. The Labute approximate surface area is 172 Å². The van der Waals surface area contributed by atoms with E-state index in [0.717, 1.165) is 5.56 Å². The van der Waals surface area contributed by atoms with Crippen LogP contribution in [0.3, 0.4) is 0 Å². The first kappa shape index (κ1) is 18.7. The summed E-state index contributed by atoms with van der Waals surface area (Å²) in [5, 5.41) is 7.59. The van der Waals surface area contributed by atoms with Crippen molar-refractivity contribution in [1.29, 1.82) is 0 Å². The molecular formula is C22H21N3O5. The van der Waals surface area contributed by atoms with Gasteiger partial charge in [-0.05, 0) is 46.9 Å². The number of morpholine rings is 1. The molecule has 2 fully saturated rings. The summed E-state index contributed by atoms with van der Waals surface area (Å²) < 4.78 is 15.9. The van der Waals surface area contributed by atoms with Crippen LogP contribution in [-0.4, -0.2) is 52.4 Å². The predicted molar refractivity (Wildman–Crippen MR) is 106 cm³/mol. The molecule has 0 aliphatic carbocycles. The highest BCUT2D eigenvalue weighted by Crippen LogP contribution is 2.34. The molecule has 2 bridgehead atoms. The highest BCUT2D eigenvalue weighted by molar-refractivity contribution is 6.00. The fourth-order valence-corrected chi connectivity index (χ4v) is 4.39. The normalized spacial score (nSPS) is 23.3. The van der Waals surface area contributed by atoms with Crippen molar-refractivity contribution < 1.29 is 23.7 Å². The quantitative estimate of drug-likeness (QED) is 0.613. The second-order valence-corrected chi connectivity index (χ2v) is 7.79. The summed E-state index contributed by atoms with van der Waals surface area (Å²) in [6.07, 6.45) is 0.744. The zero-order valence-corrected chi connectivity index (χ0v) is 16.3. The number of ketones is 1. The molecule has 2 unspecified atom stereocenters. The maximum absolute atomic E-state index is 13.1. The summed E-state index contributed by atoms with van der Waals surface area (Å²) in [5.41, 5.74) is 2.71. The summed E-state index contributed by atoms with van der Waals surface area (Å²) in [5.74, 6) is -0.131. The Morgan fingerprint density at radius 1 is 1.00 bits per heavy atom. The van der Waals surface area contributed by atoms with Crippen LogP contribution in [0.15, 0.2) is 53.2 Å². The number of piperidine rings is 1. The first-order valence-electron chi connectivity index (χ1n) is 10.0. The molecule has 2 atom stereocenters. The maximum atomic E-state index is 13.1. The highest BCUT2D eigenvalue weighted by atomic mass is 16.6. The number of hydrogen-bond acceptors (Lipinski definition) is 7. The lowest BCUT2D eigenvalue weighted by Crippen LogP contribution is -2.59. The van der Waals surface area contributed by atoms with E-state index >= 15 is 0 Å². The number of carbonyl (C=O) groups is 2. The summed E-state index contributed by atoms with van der Waals surface area (Å²) in [7, 11) is 0. The van der Waals surface area contributed by atoms with Crippen LogP contribution in [0.1, 0.15) is 28.8 Å². The molecule has 2 aliphatic rings. The average Bonchev–Trinajstić information content (AvgIpc) is 3.24. The molecule has 0 saturated carbocycles. The molecule has 8 heteroatoms. The number of fused-ring (bicyclic) bond motifs is 3. The lowest BCUT2D eigenvalue weighted by molar-refractivity contribution is -0.0755. The third-order valence-electron chi connectivity index (χ3n) is 5.85. The van der Waals surface area contributed by atoms with Crippen molar-refractivity contribution >= 4 is 22.9 Å². The number of benzene rings is 2. The Kier molecular flexibility index (Phi) is 4.92. The van der Waals surface area contributed by atoms with Crippen LogP contribution < -0.4 is 0 Å². The van der Waals surface area contributed by atoms with Crippen LogP contribution in [0.4, 0.5) is 4.79 Å². The zero-order valence-electron chi connectivity index (χ0n) is 16.3. The van der Waals surface area contributed by atoms with Crippen LogP contribution in [0, 0.1) is 5.92 Å². The minimum absolute atomic E-state index is 0.0501. The van der Waals surface area contributed by atoms with Gasteiger partial charge in [0.1, 0.15) is 17.6 Å². The highest BCUT2D eigenvalue weighted by Gasteiger charge is 2.44. The molecule has 8 nitrogen and oxygen atoms in total. The van der Waals surface area contributed by atoms with Crippen molar-refractivity contribution in [3.05, 3.63) is 59.7 Å². The van der Waals surface area contributed by atoms with Gasteiger partial charge in [-0.2, -0.15) is 0 Å². The minimum Gasteiger partial charge on any atom is -0.445 e. The molecule has 2 aromatic carbocycles. The molecule has 3 aromatic rings. The number of carbonyl (C=O) groups excluding carboxylic acids is 2. The van der Waals surface area contributed by atoms with Gasteiger partial charge in [-0.3, -0.25) is 9.69 Å². The number of rotatable bonds is 4. The smallest absolute Gasteiger partial charge is 0.410 e. The van der Waals surface area contributed by atoms with Gasteiger partial charge in [0.15, 0.2) is 5.78 Å².